The number of carbonyl (C=O) groups excluding carboxylic acids is 2. The number of fused-ring (bicyclic) bond motifs is 1. The summed E-state index contributed by atoms with van der Waals surface area (Å²) in [7, 11) is 0. The summed E-state index contributed by atoms with van der Waals surface area (Å²) in [6.07, 6.45) is 20.0. The maximum absolute atomic E-state index is 13.9. The van der Waals surface area contributed by atoms with Crippen LogP contribution < -0.4 is 10.6 Å². The number of benzene rings is 1. The van der Waals surface area contributed by atoms with Crippen LogP contribution in [0.3, 0.4) is 0 Å². The van der Waals surface area contributed by atoms with E-state index in [0.29, 0.717) is 44.9 Å². The first-order valence-electron chi connectivity index (χ1n) is 19.4. The number of allylic oxidation sites excluding steroid dienone is 4. The second kappa shape index (κ2) is 21.0. The Morgan fingerprint density at radius 3 is 2.56 bits per heavy atom. The molecule has 2 fully saturated rings. The summed E-state index contributed by atoms with van der Waals surface area (Å²) in [4.78, 5) is 36.0. The minimum Gasteiger partial charge on any atom is -0.390 e. The average molecular weight is 686 g/mol. The molecule has 3 N–H and O–H groups in total. The molecule has 4 unspecified atom stereocenters. The quantitative estimate of drug-likeness (QED) is 0.0979. The van der Waals surface area contributed by atoms with Gasteiger partial charge in [0.15, 0.2) is 0 Å². The average Bonchev–Trinajstić information content (AvgIpc) is 3.15. The fourth-order valence-corrected chi connectivity index (χ4v) is 7.78. The number of piperidine rings is 2. The van der Waals surface area contributed by atoms with E-state index < -0.39 is 6.10 Å². The SMILES string of the molecule is C=C/C(=C\C)CCCC(CCCC(C=C)CCC)NC(=O)C1CCN(C(=O)C2CCCCN2CC(O)CNc2cccc3ncccc23)CC1. The van der Waals surface area contributed by atoms with Gasteiger partial charge < -0.3 is 20.6 Å². The predicted molar refractivity (Wildman–Crippen MR) is 207 cm³/mol. The highest BCUT2D eigenvalue weighted by Crippen LogP contribution is 2.26. The number of aliphatic hydroxyl groups excluding tert-OH is 1. The van der Waals surface area contributed by atoms with Gasteiger partial charge in [-0.1, -0.05) is 62.6 Å². The minimum atomic E-state index is -0.617. The molecular weight excluding hydrogens is 622 g/mol. The molecule has 0 aliphatic carbocycles. The van der Waals surface area contributed by atoms with Crippen LogP contribution in [0.5, 0.6) is 0 Å². The highest BCUT2D eigenvalue weighted by atomic mass is 16.3. The molecule has 50 heavy (non-hydrogen) atoms. The summed E-state index contributed by atoms with van der Waals surface area (Å²) in [6.45, 7) is 15.1. The highest BCUT2D eigenvalue weighted by molar-refractivity contribution is 5.91. The smallest absolute Gasteiger partial charge is 0.239 e. The van der Waals surface area contributed by atoms with Gasteiger partial charge in [-0.2, -0.15) is 0 Å². The topological polar surface area (TPSA) is 97.8 Å². The number of aliphatic hydroxyl groups is 1. The number of likely N-dealkylation sites (tertiary alicyclic amines) is 2. The second-order valence-corrected chi connectivity index (χ2v) is 14.4. The molecule has 1 aromatic carbocycles. The van der Waals surface area contributed by atoms with Gasteiger partial charge in [0.2, 0.25) is 11.8 Å². The molecule has 2 aromatic rings. The molecule has 2 aliphatic heterocycles. The third-order valence-corrected chi connectivity index (χ3v) is 10.8. The van der Waals surface area contributed by atoms with Crippen molar-refractivity contribution in [2.75, 3.05) is 38.0 Å². The maximum atomic E-state index is 13.9. The van der Waals surface area contributed by atoms with Crippen molar-refractivity contribution in [1.29, 1.82) is 0 Å². The number of hydrogen-bond donors (Lipinski definition) is 3. The third-order valence-electron chi connectivity index (χ3n) is 10.8. The molecule has 0 spiro atoms. The van der Waals surface area contributed by atoms with Crippen molar-refractivity contribution >= 4 is 28.4 Å². The van der Waals surface area contributed by atoms with E-state index in [4.69, 9.17) is 0 Å². The van der Waals surface area contributed by atoms with Crippen molar-refractivity contribution in [1.82, 2.24) is 20.1 Å². The Morgan fingerprint density at radius 1 is 1.02 bits per heavy atom. The monoisotopic (exact) mass is 685 g/mol. The molecule has 2 aliphatic rings. The summed E-state index contributed by atoms with van der Waals surface area (Å²) in [5, 5.41) is 18.9. The maximum Gasteiger partial charge on any atom is 0.239 e. The van der Waals surface area contributed by atoms with Gasteiger partial charge in [-0.3, -0.25) is 19.5 Å². The Hall–Kier alpha value is -3.49. The van der Waals surface area contributed by atoms with Crippen molar-refractivity contribution in [2.24, 2.45) is 11.8 Å². The van der Waals surface area contributed by atoms with Crippen LogP contribution in [0.2, 0.25) is 0 Å². The van der Waals surface area contributed by atoms with Gasteiger partial charge in [0.25, 0.3) is 0 Å². The summed E-state index contributed by atoms with van der Waals surface area (Å²) in [5.74, 6) is 0.762. The number of β-amino-alcohol motifs (C(OH)–C–C–N with tert-alkyl or cyclic N) is 1. The molecule has 274 valence electrons. The Bertz CT molecular complexity index is 1400. The number of carbonyl (C=O) groups is 2. The van der Waals surface area contributed by atoms with Crippen LogP contribution in [0.4, 0.5) is 5.69 Å². The van der Waals surface area contributed by atoms with Gasteiger partial charge >= 0.3 is 0 Å². The first-order valence-corrected chi connectivity index (χ1v) is 19.4. The van der Waals surface area contributed by atoms with Crippen molar-refractivity contribution in [3.63, 3.8) is 0 Å². The zero-order valence-electron chi connectivity index (χ0n) is 30.8. The molecule has 2 saturated heterocycles. The van der Waals surface area contributed by atoms with Crippen LogP contribution >= 0.6 is 0 Å². The first-order chi connectivity index (χ1) is 24.4. The van der Waals surface area contributed by atoms with Crippen molar-refractivity contribution in [2.45, 2.75) is 116 Å². The fourth-order valence-electron chi connectivity index (χ4n) is 7.78. The Morgan fingerprint density at radius 2 is 1.82 bits per heavy atom. The van der Waals surface area contributed by atoms with Gasteiger partial charge in [-0.15, -0.1) is 6.58 Å². The predicted octanol–water partition coefficient (Wildman–Crippen LogP) is 7.66. The summed E-state index contributed by atoms with van der Waals surface area (Å²) in [5.41, 5.74) is 3.11. The van der Waals surface area contributed by atoms with Gasteiger partial charge in [0.1, 0.15) is 0 Å². The van der Waals surface area contributed by atoms with E-state index in [1.807, 2.05) is 41.3 Å². The minimum absolute atomic E-state index is 0.0681. The van der Waals surface area contributed by atoms with E-state index in [1.54, 1.807) is 6.20 Å². The lowest BCUT2D eigenvalue weighted by Crippen LogP contribution is -2.55. The number of pyridine rings is 1. The summed E-state index contributed by atoms with van der Waals surface area (Å²) < 4.78 is 0. The summed E-state index contributed by atoms with van der Waals surface area (Å²) in [6, 6.07) is 9.83. The number of amides is 2. The van der Waals surface area contributed by atoms with E-state index >= 15 is 0 Å². The van der Waals surface area contributed by atoms with Crippen LogP contribution in [-0.2, 0) is 9.59 Å². The fraction of sp³-hybridized carbons (Fsp3) is 0.595. The molecule has 4 atom stereocenters. The molecule has 0 radical (unpaired) electrons. The molecule has 3 heterocycles. The van der Waals surface area contributed by atoms with Gasteiger partial charge in [-0.25, -0.2) is 0 Å². The van der Waals surface area contributed by atoms with E-state index in [-0.39, 0.29) is 29.8 Å². The highest BCUT2D eigenvalue weighted by Gasteiger charge is 2.35. The summed E-state index contributed by atoms with van der Waals surface area (Å²) >= 11 is 0. The van der Waals surface area contributed by atoms with E-state index in [2.05, 4.69) is 59.7 Å². The van der Waals surface area contributed by atoms with Crippen LogP contribution in [0, 0.1) is 11.8 Å². The molecule has 1 aromatic heterocycles. The number of rotatable bonds is 20. The lowest BCUT2D eigenvalue weighted by Gasteiger charge is -2.40. The third kappa shape index (κ3) is 11.8. The van der Waals surface area contributed by atoms with Gasteiger partial charge in [-0.05, 0) is 108 Å². The number of aromatic nitrogens is 1. The van der Waals surface area contributed by atoms with E-state index in [0.717, 1.165) is 87.3 Å². The van der Waals surface area contributed by atoms with Crippen molar-refractivity contribution < 1.29 is 14.7 Å². The number of anilines is 1. The van der Waals surface area contributed by atoms with Gasteiger partial charge in [0.05, 0.1) is 17.7 Å². The van der Waals surface area contributed by atoms with Crippen LogP contribution in [0.15, 0.2) is 73.5 Å². The lowest BCUT2D eigenvalue weighted by molar-refractivity contribution is -0.142. The molecule has 0 saturated carbocycles. The van der Waals surface area contributed by atoms with Crippen LogP contribution in [0.25, 0.3) is 10.9 Å². The van der Waals surface area contributed by atoms with Crippen molar-refractivity contribution in [3.8, 4) is 0 Å². The Balaban J connectivity index is 1.26. The lowest BCUT2D eigenvalue weighted by atomic mass is 9.92. The van der Waals surface area contributed by atoms with Crippen LogP contribution in [-0.4, -0.2) is 82.6 Å². The molecule has 8 heteroatoms. The largest absolute Gasteiger partial charge is 0.390 e. The second-order valence-electron chi connectivity index (χ2n) is 14.4. The Labute approximate surface area is 301 Å². The molecule has 2 amide bonds. The number of nitrogens with one attached hydrogen (secondary N) is 2. The Kier molecular flexibility index (Phi) is 16.5. The molecule has 8 nitrogen and oxygen atoms in total. The number of hydrogen-bond acceptors (Lipinski definition) is 6. The van der Waals surface area contributed by atoms with Crippen molar-refractivity contribution in [3.05, 3.63) is 73.5 Å². The van der Waals surface area contributed by atoms with Crippen LogP contribution in [0.1, 0.15) is 97.3 Å². The normalized spacial score (nSPS) is 19.5. The molecule has 0 bridgehead atoms. The molecule has 4 rings (SSSR count). The molecular formula is C42H63N5O3. The zero-order chi connectivity index (χ0) is 35.7. The van der Waals surface area contributed by atoms with Gasteiger partial charge in [0, 0.05) is 55.4 Å². The standard InChI is InChI=1S/C42H63N5O3/c1-5-15-33(8-4)17-12-19-35(18-11-16-32(6-2)7-3)45-41(49)34-24-28-46(29-25-34)42(50)40-23-9-10-27-47(40)31-36(48)30-44-39-22-13-21-38-37(39)20-14-26-43-38/h6-8,13-14,20-22,26,33-36,40,44,48H,2,4-5,9-12,15-19,23-25,27-31H2,1,3H3,(H,45,49)/b32-7+. The van der Waals surface area contributed by atoms with E-state index in [9.17, 15) is 14.7 Å². The first kappa shape index (κ1) is 39.3. The van der Waals surface area contributed by atoms with E-state index in [1.165, 1.54) is 12.0 Å². The number of nitrogens with zero attached hydrogens (tertiary/aromatic N) is 3. The zero-order valence-corrected chi connectivity index (χ0v) is 30.8.